The van der Waals surface area contributed by atoms with Gasteiger partial charge in [-0.15, -0.1) is 5.11 Å². The van der Waals surface area contributed by atoms with Crippen LogP contribution in [-0.4, -0.2) is 86.9 Å². The topological polar surface area (TPSA) is 117 Å². The van der Waals surface area contributed by atoms with Crippen LogP contribution in [0.15, 0.2) is 17.1 Å². The lowest BCUT2D eigenvalue weighted by molar-refractivity contribution is 0.0266. The highest BCUT2D eigenvalue weighted by Crippen LogP contribution is 2.39. The molecule has 0 bridgehead atoms. The van der Waals surface area contributed by atoms with Crippen LogP contribution >= 0.6 is 0 Å². The number of sulfonamides is 1. The predicted octanol–water partition coefficient (Wildman–Crippen LogP) is -0.281. The highest BCUT2D eigenvalue weighted by atomic mass is 32.2. The average molecular weight is 465 g/mol. The molecule has 6 radical (unpaired) electrons. The van der Waals surface area contributed by atoms with E-state index >= 15 is 0 Å². The Morgan fingerprint density at radius 3 is 2.45 bits per heavy atom. The largest absolute Gasteiger partial charge is 0.388 e. The molecule has 1 saturated heterocycles. The first-order valence-corrected chi connectivity index (χ1v) is 12.9. The van der Waals surface area contributed by atoms with E-state index in [9.17, 15) is 18.3 Å². The van der Waals surface area contributed by atoms with Gasteiger partial charge in [0, 0.05) is 30.7 Å². The van der Waals surface area contributed by atoms with Crippen molar-refractivity contribution in [3.05, 3.63) is 28.2 Å². The second-order valence-electron chi connectivity index (χ2n) is 9.48. The molecule has 0 aromatic carbocycles. The molecule has 0 amide bonds. The molecule has 2 unspecified atom stereocenters. The van der Waals surface area contributed by atoms with E-state index in [0.29, 0.717) is 55.8 Å². The fourth-order valence-electron chi connectivity index (χ4n) is 4.84. The maximum atomic E-state index is 13.4. The number of fused-ring (bicyclic) bond motifs is 1. The molecule has 13 heteroatoms. The molecule has 170 valence electrons. The summed E-state index contributed by atoms with van der Waals surface area (Å²) in [5.41, 5.74) is -1.23. The van der Waals surface area contributed by atoms with E-state index in [2.05, 4.69) is 15.3 Å². The predicted molar refractivity (Wildman–Crippen MR) is 129 cm³/mol. The Labute approximate surface area is 197 Å². The zero-order valence-corrected chi connectivity index (χ0v) is 19.7. The third-order valence-electron chi connectivity index (χ3n) is 6.69. The van der Waals surface area contributed by atoms with Gasteiger partial charge in [0.1, 0.15) is 5.65 Å². The number of hydrogen-bond donors (Lipinski definition) is 2. The third-order valence-corrected chi connectivity index (χ3v) is 7.99. The van der Waals surface area contributed by atoms with Crippen molar-refractivity contribution in [3.63, 3.8) is 0 Å². The van der Waals surface area contributed by atoms with Crippen molar-refractivity contribution in [2.75, 3.05) is 24.7 Å². The van der Waals surface area contributed by atoms with Crippen LogP contribution in [0.3, 0.4) is 0 Å². The Morgan fingerprint density at radius 2 is 1.91 bits per heavy atom. The summed E-state index contributed by atoms with van der Waals surface area (Å²) in [5, 5.41) is 12.9. The van der Waals surface area contributed by atoms with Gasteiger partial charge in [0.15, 0.2) is 0 Å². The van der Waals surface area contributed by atoms with Crippen molar-refractivity contribution in [3.8, 4) is 0 Å². The van der Waals surface area contributed by atoms with Gasteiger partial charge < -0.3 is 10.4 Å². The van der Waals surface area contributed by atoms with Crippen LogP contribution in [0.4, 0.5) is 5.95 Å². The van der Waals surface area contributed by atoms with E-state index in [4.69, 9.17) is 23.5 Å². The first-order valence-electron chi connectivity index (χ1n) is 11.0. The summed E-state index contributed by atoms with van der Waals surface area (Å²) < 4.78 is 26.4. The quantitative estimate of drug-likeness (QED) is 0.584. The van der Waals surface area contributed by atoms with Crippen molar-refractivity contribution in [2.45, 2.75) is 61.8 Å². The van der Waals surface area contributed by atoms with Gasteiger partial charge in [0.05, 0.1) is 41.4 Å². The fraction of sp³-hybridized carbons (Fsp3) is 0.650. The number of nitrogens with zero attached hydrogens (tertiary/aromatic N) is 4. The summed E-state index contributed by atoms with van der Waals surface area (Å²) in [4.78, 5) is 22.4. The van der Waals surface area contributed by atoms with Crippen LogP contribution in [0.2, 0.25) is 0 Å². The molecule has 2 atom stereocenters. The van der Waals surface area contributed by atoms with Crippen LogP contribution in [0.1, 0.15) is 50.6 Å². The highest BCUT2D eigenvalue weighted by molar-refractivity contribution is 7.88. The van der Waals surface area contributed by atoms with Gasteiger partial charge in [-0.3, -0.25) is 9.36 Å². The van der Waals surface area contributed by atoms with E-state index < -0.39 is 32.3 Å². The maximum Gasteiger partial charge on any atom is 0.254 e. The molecule has 33 heavy (non-hydrogen) atoms. The van der Waals surface area contributed by atoms with Crippen molar-refractivity contribution in [1.29, 1.82) is 0 Å². The summed E-state index contributed by atoms with van der Waals surface area (Å²) in [7, 11) is 14.4. The summed E-state index contributed by atoms with van der Waals surface area (Å²) in [6.07, 6.45) is 5.87. The first kappa shape index (κ1) is 24.3. The van der Waals surface area contributed by atoms with Gasteiger partial charge in [-0.25, -0.2) is 17.7 Å². The Balaban J connectivity index is 1.73. The Kier molecular flexibility index (Phi) is 6.20. The maximum absolute atomic E-state index is 13.4. The smallest absolute Gasteiger partial charge is 0.254 e. The number of rotatable bonds is 5. The number of anilines is 1. The summed E-state index contributed by atoms with van der Waals surface area (Å²) >= 11 is 0. The lowest BCUT2D eigenvalue weighted by atomic mass is 9.40. The third kappa shape index (κ3) is 4.86. The highest BCUT2D eigenvalue weighted by Gasteiger charge is 2.40. The number of hydrogen-bond acceptors (Lipinski definition) is 7. The second kappa shape index (κ2) is 8.43. The van der Waals surface area contributed by atoms with E-state index in [1.54, 1.807) is 13.1 Å². The van der Waals surface area contributed by atoms with Gasteiger partial charge in [0.25, 0.3) is 5.56 Å². The monoisotopic (exact) mass is 465 g/mol. The minimum absolute atomic E-state index is 0.00940. The van der Waals surface area contributed by atoms with Crippen LogP contribution in [0.25, 0.3) is 11.0 Å². The van der Waals surface area contributed by atoms with Gasteiger partial charge >= 0.3 is 0 Å². The molecule has 2 aromatic heterocycles. The zero-order chi connectivity index (χ0) is 24.2. The molecule has 3 heterocycles. The Morgan fingerprint density at radius 1 is 1.24 bits per heavy atom. The van der Waals surface area contributed by atoms with E-state index in [1.807, 2.05) is 0 Å². The van der Waals surface area contributed by atoms with Crippen LogP contribution in [-0.2, 0) is 15.1 Å². The van der Waals surface area contributed by atoms with E-state index in [1.165, 1.54) is 21.2 Å². The van der Waals surface area contributed by atoms with Crippen molar-refractivity contribution in [2.24, 2.45) is 0 Å². The summed E-state index contributed by atoms with van der Waals surface area (Å²) in [6.45, 7) is 2.52. The molecule has 4 rings (SSSR count). The molecule has 2 N–H and O–H groups in total. The molecule has 2 aromatic rings. The minimum atomic E-state index is -3.22. The van der Waals surface area contributed by atoms with Gasteiger partial charge in [0.2, 0.25) is 16.0 Å². The minimum Gasteiger partial charge on any atom is -0.388 e. The zero-order valence-electron chi connectivity index (χ0n) is 18.9. The number of piperidine rings is 1. The summed E-state index contributed by atoms with van der Waals surface area (Å²) in [5.74, 6) is 0.318. The number of pyridine rings is 1. The van der Waals surface area contributed by atoms with Crippen LogP contribution in [0.5, 0.6) is 0 Å². The lowest BCUT2D eigenvalue weighted by Crippen LogP contribution is -2.43. The standard InChI is InChI=1S/C20H26B3N5O4S/c1-19(30)7-3-4-15(19)28-16-12(10-14(17(28)29)20(21,22)23)11-24-18(26-16)25-13-5-8-27(9-6-13)33(2,31)32/h10-11,13,15,30H,3-9H2,1-2H3,(H,24,25,26). The summed E-state index contributed by atoms with van der Waals surface area (Å²) in [6, 6.07) is 0.960. The molecule has 1 aliphatic heterocycles. The fourth-order valence-corrected chi connectivity index (χ4v) is 5.72. The van der Waals surface area contributed by atoms with Crippen LogP contribution in [0, 0.1) is 0 Å². The molecular formula is C20H26B3N5O4S. The van der Waals surface area contributed by atoms with Crippen molar-refractivity contribution in [1.82, 2.24) is 18.8 Å². The molecule has 1 aliphatic carbocycles. The molecule has 2 fully saturated rings. The Bertz CT molecular complexity index is 1220. The molecule has 1 saturated carbocycles. The first-order chi connectivity index (χ1) is 15.3. The number of aliphatic hydroxyl groups is 1. The van der Waals surface area contributed by atoms with E-state index in [-0.39, 0.29) is 11.6 Å². The average Bonchev–Trinajstić information content (AvgIpc) is 3.05. The molecule has 9 nitrogen and oxygen atoms in total. The van der Waals surface area contributed by atoms with Crippen molar-refractivity contribution < 1.29 is 13.5 Å². The Hall–Kier alpha value is -1.85. The van der Waals surface area contributed by atoms with E-state index in [0.717, 1.165) is 6.42 Å². The van der Waals surface area contributed by atoms with Crippen molar-refractivity contribution >= 4 is 50.5 Å². The number of nitrogens with one attached hydrogen (secondary N) is 1. The number of aromatic nitrogens is 3. The van der Waals surface area contributed by atoms with Gasteiger partial charge in [-0.2, -0.15) is 4.98 Å². The molecule has 0 spiro atoms. The van der Waals surface area contributed by atoms with Crippen LogP contribution < -0.4 is 10.9 Å². The lowest BCUT2D eigenvalue weighted by Gasteiger charge is -2.31. The molecular weight excluding hydrogens is 439 g/mol. The normalized spacial score (nSPS) is 25.5. The second-order valence-corrected chi connectivity index (χ2v) is 11.5. The molecule has 2 aliphatic rings. The van der Waals surface area contributed by atoms with Gasteiger partial charge in [-0.05, 0) is 50.7 Å². The van der Waals surface area contributed by atoms with Gasteiger partial charge in [-0.1, -0.05) is 0 Å². The SMILES string of the molecule is [B]C([B])([B])c1cc2cnc(NC3CCN(S(C)(=O)=O)CC3)nc2n(C2CCCC2(C)O)c1=O.